The van der Waals surface area contributed by atoms with Gasteiger partial charge in [0, 0.05) is 12.3 Å². The van der Waals surface area contributed by atoms with Crippen LogP contribution in [0.25, 0.3) is 5.65 Å². The van der Waals surface area contributed by atoms with Gasteiger partial charge in [-0.2, -0.15) is 0 Å². The number of methoxy groups -OCH3 is 1. The van der Waals surface area contributed by atoms with Crippen LogP contribution in [0.5, 0.6) is 5.75 Å². The van der Waals surface area contributed by atoms with Gasteiger partial charge in [0.1, 0.15) is 5.82 Å². The Morgan fingerprint density at radius 1 is 1.46 bits per heavy atom. The fourth-order valence-corrected chi connectivity index (χ4v) is 1.39. The number of aromatic nitrogens is 3. The molecule has 68 valence electrons. The molecule has 2 heterocycles. The molecule has 13 heavy (non-hydrogen) atoms. The van der Waals surface area contributed by atoms with Crippen molar-refractivity contribution in [2.45, 2.75) is 6.92 Å². The van der Waals surface area contributed by atoms with Crippen molar-refractivity contribution in [3.05, 3.63) is 23.1 Å². The fourth-order valence-electron chi connectivity index (χ4n) is 1.19. The lowest BCUT2D eigenvalue weighted by molar-refractivity contribution is 0.417. The van der Waals surface area contributed by atoms with Gasteiger partial charge in [-0.3, -0.25) is 4.40 Å². The van der Waals surface area contributed by atoms with Gasteiger partial charge >= 0.3 is 0 Å². The third-order valence-electron chi connectivity index (χ3n) is 1.83. The van der Waals surface area contributed by atoms with Crippen LogP contribution in [0.2, 0.25) is 5.02 Å². The first kappa shape index (κ1) is 8.31. The summed E-state index contributed by atoms with van der Waals surface area (Å²) in [4.78, 5) is 0. The second-order valence-corrected chi connectivity index (χ2v) is 3.10. The number of nitrogens with zero attached hydrogens (tertiary/aromatic N) is 3. The summed E-state index contributed by atoms with van der Waals surface area (Å²) < 4.78 is 6.91. The topological polar surface area (TPSA) is 39.4 Å². The van der Waals surface area contributed by atoms with Crippen LogP contribution < -0.4 is 4.74 Å². The van der Waals surface area contributed by atoms with Gasteiger partial charge in [0.15, 0.2) is 5.75 Å². The van der Waals surface area contributed by atoms with Crippen LogP contribution in [-0.2, 0) is 0 Å². The van der Waals surface area contributed by atoms with Crippen LogP contribution in [0, 0.1) is 6.92 Å². The molecule has 2 rings (SSSR count). The van der Waals surface area contributed by atoms with E-state index >= 15 is 0 Å². The van der Waals surface area contributed by atoms with E-state index in [9.17, 15) is 0 Å². The molecule has 5 heteroatoms. The Labute approximate surface area is 80.1 Å². The first-order valence-corrected chi connectivity index (χ1v) is 4.15. The lowest BCUT2D eigenvalue weighted by atomic mass is 10.4. The van der Waals surface area contributed by atoms with E-state index in [1.165, 1.54) is 0 Å². The van der Waals surface area contributed by atoms with E-state index in [0.29, 0.717) is 16.4 Å². The SMILES string of the molecule is COc1cc(Cl)cn2c(C)nnc12. The average Bonchev–Trinajstić information content (AvgIpc) is 2.47. The molecule has 0 atom stereocenters. The summed E-state index contributed by atoms with van der Waals surface area (Å²) in [7, 11) is 1.58. The summed E-state index contributed by atoms with van der Waals surface area (Å²) >= 11 is 5.88. The van der Waals surface area contributed by atoms with E-state index in [0.717, 1.165) is 5.82 Å². The van der Waals surface area contributed by atoms with Crippen LogP contribution in [0.4, 0.5) is 0 Å². The summed E-state index contributed by atoms with van der Waals surface area (Å²) in [6.07, 6.45) is 1.76. The van der Waals surface area contributed by atoms with E-state index in [2.05, 4.69) is 10.2 Å². The minimum Gasteiger partial charge on any atom is -0.493 e. The van der Waals surface area contributed by atoms with Crippen molar-refractivity contribution in [1.82, 2.24) is 14.6 Å². The van der Waals surface area contributed by atoms with Gasteiger partial charge in [-0.15, -0.1) is 10.2 Å². The molecular weight excluding hydrogens is 190 g/mol. The van der Waals surface area contributed by atoms with Crippen LogP contribution in [0.1, 0.15) is 5.82 Å². The normalized spacial score (nSPS) is 10.7. The third kappa shape index (κ3) is 1.23. The van der Waals surface area contributed by atoms with Crippen LogP contribution in [-0.4, -0.2) is 21.7 Å². The van der Waals surface area contributed by atoms with Gasteiger partial charge in [-0.05, 0) is 6.92 Å². The second kappa shape index (κ2) is 2.88. The molecule has 0 saturated carbocycles. The highest BCUT2D eigenvalue weighted by Gasteiger charge is 2.07. The molecule has 4 nitrogen and oxygen atoms in total. The fraction of sp³-hybridized carbons (Fsp3) is 0.250. The third-order valence-corrected chi connectivity index (χ3v) is 2.03. The Morgan fingerprint density at radius 3 is 2.92 bits per heavy atom. The molecule has 0 saturated heterocycles. The van der Waals surface area contributed by atoms with Crippen molar-refractivity contribution in [2.75, 3.05) is 7.11 Å². The van der Waals surface area contributed by atoms with E-state index in [-0.39, 0.29) is 0 Å². The minimum atomic E-state index is 0.604. The van der Waals surface area contributed by atoms with Gasteiger partial charge < -0.3 is 4.74 Å². The van der Waals surface area contributed by atoms with Gasteiger partial charge in [0.05, 0.1) is 12.1 Å². The zero-order valence-corrected chi connectivity index (χ0v) is 8.04. The largest absolute Gasteiger partial charge is 0.493 e. The van der Waals surface area contributed by atoms with Gasteiger partial charge in [0.25, 0.3) is 0 Å². The van der Waals surface area contributed by atoms with Crippen molar-refractivity contribution >= 4 is 17.2 Å². The average molecular weight is 198 g/mol. The smallest absolute Gasteiger partial charge is 0.203 e. The summed E-state index contributed by atoms with van der Waals surface area (Å²) in [6, 6.07) is 1.71. The Kier molecular flexibility index (Phi) is 1.84. The lowest BCUT2D eigenvalue weighted by Crippen LogP contribution is -1.92. The van der Waals surface area contributed by atoms with Crippen molar-refractivity contribution in [3.8, 4) is 5.75 Å². The first-order chi connectivity index (χ1) is 6.22. The Hall–Kier alpha value is -1.29. The number of halogens is 1. The molecule has 0 aromatic carbocycles. The van der Waals surface area contributed by atoms with Crippen molar-refractivity contribution < 1.29 is 4.74 Å². The zero-order valence-electron chi connectivity index (χ0n) is 7.28. The summed E-state index contributed by atoms with van der Waals surface area (Å²) in [6.45, 7) is 1.86. The van der Waals surface area contributed by atoms with Gasteiger partial charge in [0.2, 0.25) is 5.65 Å². The molecule has 0 bridgehead atoms. The van der Waals surface area contributed by atoms with Crippen LogP contribution >= 0.6 is 11.6 Å². The molecule has 0 radical (unpaired) electrons. The molecule has 0 aliphatic carbocycles. The highest BCUT2D eigenvalue weighted by atomic mass is 35.5. The van der Waals surface area contributed by atoms with Crippen LogP contribution in [0.15, 0.2) is 12.3 Å². The Morgan fingerprint density at radius 2 is 2.23 bits per heavy atom. The lowest BCUT2D eigenvalue weighted by Gasteiger charge is -2.02. The van der Waals surface area contributed by atoms with E-state index < -0.39 is 0 Å². The van der Waals surface area contributed by atoms with Crippen molar-refractivity contribution in [3.63, 3.8) is 0 Å². The molecular formula is C8H8ClN3O. The monoisotopic (exact) mass is 197 g/mol. The van der Waals surface area contributed by atoms with E-state index in [1.54, 1.807) is 23.8 Å². The van der Waals surface area contributed by atoms with E-state index in [4.69, 9.17) is 16.3 Å². The maximum absolute atomic E-state index is 5.88. The molecule has 2 aromatic rings. The number of fused-ring (bicyclic) bond motifs is 1. The Balaban J connectivity index is 2.84. The molecule has 0 fully saturated rings. The molecule has 0 amide bonds. The number of rotatable bonds is 1. The van der Waals surface area contributed by atoms with Crippen LogP contribution in [0.3, 0.4) is 0 Å². The van der Waals surface area contributed by atoms with Gasteiger partial charge in [-0.25, -0.2) is 0 Å². The summed E-state index contributed by atoms with van der Waals surface area (Å²) in [5.41, 5.74) is 0.685. The number of hydrogen-bond donors (Lipinski definition) is 0. The highest BCUT2D eigenvalue weighted by Crippen LogP contribution is 2.22. The predicted octanol–water partition coefficient (Wildman–Crippen LogP) is 1.70. The maximum Gasteiger partial charge on any atom is 0.203 e. The number of pyridine rings is 1. The van der Waals surface area contributed by atoms with Crippen molar-refractivity contribution in [2.24, 2.45) is 0 Å². The predicted molar refractivity (Wildman–Crippen MR) is 49.3 cm³/mol. The molecule has 0 unspecified atom stereocenters. The standard InChI is InChI=1S/C8H8ClN3O/c1-5-10-11-8-7(13-2)3-6(9)4-12(5)8/h3-4H,1-2H3. The first-order valence-electron chi connectivity index (χ1n) is 3.77. The molecule has 0 N–H and O–H groups in total. The van der Waals surface area contributed by atoms with Gasteiger partial charge in [-0.1, -0.05) is 11.6 Å². The van der Waals surface area contributed by atoms with E-state index in [1.807, 2.05) is 6.92 Å². The number of hydrogen-bond acceptors (Lipinski definition) is 3. The molecule has 2 aromatic heterocycles. The maximum atomic E-state index is 5.88. The summed E-state index contributed by atoms with van der Waals surface area (Å²) in [5, 5.41) is 8.48. The molecule has 0 aliphatic rings. The molecule has 0 aliphatic heterocycles. The minimum absolute atomic E-state index is 0.604. The number of ether oxygens (including phenoxy) is 1. The molecule has 0 spiro atoms. The summed E-state index contributed by atoms with van der Waals surface area (Å²) in [5.74, 6) is 1.42. The Bertz CT molecular complexity index is 452. The quantitative estimate of drug-likeness (QED) is 0.699. The van der Waals surface area contributed by atoms with Crippen molar-refractivity contribution in [1.29, 1.82) is 0 Å². The number of aryl methyl sites for hydroxylation is 1. The second-order valence-electron chi connectivity index (χ2n) is 2.67. The zero-order chi connectivity index (χ0) is 9.42. The highest BCUT2D eigenvalue weighted by molar-refractivity contribution is 6.30.